The van der Waals surface area contributed by atoms with Crippen molar-refractivity contribution in [3.8, 4) is 0 Å². The van der Waals surface area contributed by atoms with Crippen LogP contribution in [-0.2, 0) is 24.6 Å². The van der Waals surface area contributed by atoms with Gasteiger partial charge in [0.2, 0.25) is 8.32 Å². The first-order valence-electron chi connectivity index (χ1n) is 17.5. The van der Waals surface area contributed by atoms with Crippen LogP contribution in [0.15, 0.2) is 30.3 Å². The Morgan fingerprint density at radius 3 is 1.59 bits per heavy atom. The summed E-state index contributed by atoms with van der Waals surface area (Å²) in [5.41, 5.74) is 2.37. The van der Waals surface area contributed by atoms with E-state index in [4.69, 9.17) is 18.0 Å². The largest absolute Gasteiger partial charge is 0.416 e. The first-order chi connectivity index (χ1) is 19.8. The minimum absolute atomic E-state index is 0.0507. The van der Waals surface area contributed by atoms with Gasteiger partial charge in [-0.05, 0) is 71.8 Å². The van der Waals surface area contributed by atoms with E-state index < -0.39 is 25.0 Å². The number of hydrogen-bond donors (Lipinski definition) is 0. The van der Waals surface area contributed by atoms with Crippen LogP contribution in [0, 0.1) is 5.92 Å². The van der Waals surface area contributed by atoms with E-state index in [1.165, 1.54) is 5.56 Å². The molecule has 258 valence electrons. The lowest BCUT2D eigenvalue weighted by Crippen LogP contribution is -2.56. The molecule has 0 heterocycles. The second-order valence-corrected chi connectivity index (χ2v) is 32.7. The van der Waals surface area contributed by atoms with Gasteiger partial charge in [-0.1, -0.05) is 120 Å². The second-order valence-electron chi connectivity index (χ2n) is 17.7. The SMILES string of the molecule is CC(C)[Si](O[C@H](CCOCc1ccccc1)C[C@@](C)(O[Si](C)(C)C(C)(C)C)[C@@H](C)CO[Si](C)(C)C(C)(C)C)(C(C)C)C(C)C. The Morgan fingerprint density at radius 1 is 0.682 bits per heavy atom. The Balaban J connectivity index is 3.50. The highest BCUT2D eigenvalue weighted by Crippen LogP contribution is 2.47. The van der Waals surface area contributed by atoms with E-state index in [9.17, 15) is 0 Å². The molecule has 0 fully saturated rings. The molecule has 0 aromatic heterocycles. The molecule has 0 saturated heterocycles. The quantitative estimate of drug-likeness (QED) is 0.115. The molecule has 7 heteroatoms. The maximum atomic E-state index is 7.58. The van der Waals surface area contributed by atoms with Crippen LogP contribution in [0.5, 0.6) is 0 Å². The number of benzene rings is 1. The zero-order valence-electron chi connectivity index (χ0n) is 32.4. The van der Waals surface area contributed by atoms with Crippen molar-refractivity contribution in [3.63, 3.8) is 0 Å². The van der Waals surface area contributed by atoms with Crippen LogP contribution in [0.25, 0.3) is 0 Å². The third-order valence-electron chi connectivity index (χ3n) is 11.2. The smallest absolute Gasteiger partial charge is 0.200 e. The average molecular weight is 667 g/mol. The maximum Gasteiger partial charge on any atom is 0.200 e. The first kappa shape index (κ1) is 41.7. The molecule has 3 atom stereocenters. The van der Waals surface area contributed by atoms with Crippen LogP contribution in [0.1, 0.15) is 115 Å². The van der Waals surface area contributed by atoms with Crippen molar-refractivity contribution < 1.29 is 18.0 Å². The molecule has 1 rings (SSSR count). The Kier molecular flexibility index (Phi) is 15.4. The van der Waals surface area contributed by atoms with E-state index in [0.717, 1.165) is 12.8 Å². The van der Waals surface area contributed by atoms with Crippen molar-refractivity contribution in [1.29, 1.82) is 0 Å². The van der Waals surface area contributed by atoms with Crippen LogP contribution in [0.4, 0.5) is 0 Å². The normalized spacial score (nSPS) is 16.9. The molecule has 1 aromatic carbocycles. The highest BCUT2D eigenvalue weighted by atomic mass is 28.4. The standard InChI is InChI=1S/C37H74O4Si3/c1-29(2)44(30(3)4,31(5)6)40-34(24-25-38-28-33-22-20-19-21-23-33)26-37(14,41-43(17,18)36(11,12)13)32(7)27-39-42(15,16)35(8,9)10/h19-23,29-32,34H,24-28H2,1-18H3/t32-,34+,37+/m0/s1. The lowest BCUT2D eigenvalue weighted by Gasteiger charge is -2.50. The minimum atomic E-state index is -2.14. The average Bonchev–Trinajstić information content (AvgIpc) is 2.86. The van der Waals surface area contributed by atoms with Crippen molar-refractivity contribution in [2.45, 2.75) is 181 Å². The van der Waals surface area contributed by atoms with Crippen LogP contribution in [0.2, 0.25) is 52.9 Å². The molecule has 0 unspecified atom stereocenters. The predicted molar refractivity (Wildman–Crippen MR) is 200 cm³/mol. The molecule has 0 aliphatic carbocycles. The van der Waals surface area contributed by atoms with Gasteiger partial charge in [-0.2, -0.15) is 0 Å². The van der Waals surface area contributed by atoms with Crippen LogP contribution >= 0.6 is 0 Å². The fourth-order valence-electron chi connectivity index (χ4n) is 6.14. The van der Waals surface area contributed by atoms with Gasteiger partial charge in [-0.25, -0.2) is 0 Å². The molecule has 0 aliphatic heterocycles. The minimum Gasteiger partial charge on any atom is -0.416 e. The fraction of sp³-hybridized carbons (Fsp3) is 0.838. The van der Waals surface area contributed by atoms with Gasteiger partial charge >= 0.3 is 0 Å². The molecule has 0 spiro atoms. The van der Waals surface area contributed by atoms with Gasteiger partial charge in [0.25, 0.3) is 0 Å². The highest BCUT2D eigenvalue weighted by Gasteiger charge is 2.50. The topological polar surface area (TPSA) is 36.9 Å². The first-order valence-corrected chi connectivity index (χ1v) is 25.4. The monoisotopic (exact) mass is 666 g/mol. The predicted octanol–water partition coefficient (Wildman–Crippen LogP) is 12.0. The lowest BCUT2D eigenvalue weighted by atomic mass is 9.85. The lowest BCUT2D eigenvalue weighted by molar-refractivity contribution is -0.0436. The summed E-state index contributed by atoms with van der Waals surface area (Å²) in [6.45, 7) is 44.5. The van der Waals surface area contributed by atoms with Gasteiger partial charge in [0.05, 0.1) is 12.2 Å². The summed E-state index contributed by atoms with van der Waals surface area (Å²) in [5, 5.41) is 0.276. The molecule has 0 radical (unpaired) electrons. The van der Waals surface area contributed by atoms with Gasteiger partial charge in [0, 0.05) is 31.7 Å². The molecule has 0 bridgehead atoms. The molecule has 44 heavy (non-hydrogen) atoms. The van der Waals surface area contributed by atoms with Crippen LogP contribution < -0.4 is 0 Å². The van der Waals surface area contributed by atoms with Gasteiger partial charge in [0.1, 0.15) is 0 Å². The third kappa shape index (κ3) is 11.2. The van der Waals surface area contributed by atoms with Gasteiger partial charge in [-0.3, -0.25) is 0 Å². The Labute approximate surface area is 278 Å². The fourth-order valence-corrected chi connectivity index (χ4v) is 14.6. The Bertz CT molecular complexity index is 941. The molecule has 0 aliphatic rings. The molecule has 0 N–H and O–H groups in total. The zero-order chi connectivity index (χ0) is 34.4. The van der Waals surface area contributed by atoms with Crippen LogP contribution in [0.3, 0.4) is 0 Å². The van der Waals surface area contributed by atoms with E-state index in [1.807, 2.05) is 0 Å². The van der Waals surface area contributed by atoms with Crippen LogP contribution in [-0.4, -0.2) is 49.9 Å². The second kappa shape index (κ2) is 16.2. The highest BCUT2D eigenvalue weighted by molar-refractivity contribution is 6.77. The van der Waals surface area contributed by atoms with Crippen molar-refractivity contribution in [1.82, 2.24) is 0 Å². The summed E-state index contributed by atoms with van der Waals surface area (Å²) in [6, 6.07) is 10.5. The molecule has 0 saturated carbocycles. The summed E-state index contributed by atoms with van der Waals surface area (Å²) in [7, 11) is -6.16. The van der Waals surface area contributed by atoms with Crippen molar-refractivity contribution in [2.24, 2.45) is 5.92 Å². The van der Waals surface area contributed by atoms with E-state index in [1.54, 1.807) is 0 Å². The van der Waals surface area contributed by atoms with Crippen molar-refractivity contribution >= 4 is 25.0 Å². The zero-order valence-corrected chi connectivity index (χ0v) is 35.4. The van der Waals surface area contributed by atoms with E-state index in [0.29, 0.717) is 36.4 Å². The molecule has 4 nitrogen and oxygen atoms in total. The summed E-state index contributed by atoms with van der Waals surface area (Å²) in [6.07, 6.45) is 1.76. The summed E-state index contributed by atoms with van der Waals surface area (Å²) >= 11 is 0. The number of ether oxygens (including phenoxy) is 1. The van der Waals surface area contributed by atoms with E-state index in [-0.39, 0.29) is 27.7 Å². The Morgan fingerprint density at radius 2 is 1.16 bits per heavy atom. The van der Waals surface area contributed by atoms with Gasteiger partial charge < -0.3 is 18.0 Å². The van der Waals surface area contributed by atoms with Crippen molar-refractivity contribution in [2.75, 3.05) is 13.2 Å². The maximum absolute atomic E-state index is 7.58. The number of hydrogen-bond acceptors (Lipinski definition) is 4. The van der Waals surface area contributed by atoms with Gasteiger partial charge in [0.15, 0.2) is 16.6 Å². The number of rotatable bonds is 18. The molecular weight excluding hydrogens is 593 g/mol. The summed E-state index contributed by atoms with van der Waals surface area (Å²) < 4.78 is 28.2. The van der Waals surface area contributed by atoms with E-state index in [2.05, 4.69) is 153 Å². The molecule has 1 aromatic rings. The third-order valence-corrected chi connectivity index (χ3v) is 26.5. The van der Waals surface area contributed by atoms with E-state index >= 15 is 0 Å². The molecular formula is C37H74O4Si3. The summed E-state index contributed by atoms with van der Waals surface area (Å²) in [5.74, 6) is 0.218. The Hall–Kier alpha value is -0.289. The van der Waals surface area contributed by atoms with Crippen molar-refractivity contribution in [3.05, 3.63) is 35.9 Å². The summed E-state index contributed by atoms with van der Waals surface area (Å²) in [4.78, 5) is 0. The molecule has 0 amide bonds. The van der Waals surface area contributed by atoms with Gasteiger partial charge in [-0.15, -0.1) is 0 Å².